The van der Waals surface area contributed by atoms with E-state index in [0.29, 0.717) is 28.7 Å². The van der Waals surface area contributed by atoms with E-state index in [0.717, 1.165) is 57.6 Å². The summed E-state index contributed by atoms with van der Waals surface area (Å²) in [6.45, 7) is 2.41. The van der Waals surface area contributed by atoms with Crippen LogP contribution >= 0.6 is 0 Å². The molecule has 0 amide bonds. The van der Waals surface area contributed by atoms with E-state index < -0.39 is 0 Å². The number of anilines is 2. The molecule has 3 aromatic rings. The molecule has 38 heavy (non-hydrogen) atoms. The standard InChI is InChI=1S/C29H31FN6O2/c1-34(28-25(16-32)29(37)35(2)26-12-5-21(15-31)33-27(26)28)22-8-10-24(11-9-22)36(17-19-13-14-38-18-19)23-6-3-20(30)4-7-23/h3-7,12,19,22,24H,8-11,13-14,17-18H2,1-2H3/t19-,22?,24?/m1/s1. The molecule has 1 saturated heterocycles. The van der Waals surface area contributed by atoms with Crippen molar-refractivity contribution in [1.82, 2.24) is 9.55 Å². The van der Waals surface area contributed by atoms with Gasteiger partial charge < -0.3 is 19.1 Å². The van der Waals surface area contributed by atoms with Crippen LogP contribution < -0.4 is 15.4 Å². The number of aryl methyl sites for hydroxylation is 1. The average molecular weight is 515 g/mol. The molecule has 0 unspecified atom stereocenters. The Morgan fingerprint density at radius 3 is 2.39 bits per heavy atom. The normalized spacial score (nSPS) is 21.1. The Labute approximate surface area is 221 Å². The van der Waals surface area contributed by atoms with Gasteiger partial charge in [-0.1, -0.05) is 0 Å². The molecule has 0 N–H and O–H groups in total. The van der Waals surface area contributed by atoms with Crippen LogP contribution in [0.25, 0.3) is 11.0 Å². The van der Waals surface area contributed by atoms with E-state index in [9.17, 15) is 19.7 Å². The number of hydrogen-bond acceptors (Lipinski definition) is 7. The highest BCUT2D eigenvalue weighted by atomic mass is 19.1. The van der Waals surface area contributed by atoms with Gasteiger partial charge in [0, 0.05) is 50.9 Å². The van der Waals surface area contributed by atoms with Crippen molar-refractivity contribution in [3.8, 4) is 12.1 Å². The summed E-state index contributed by atoms with van der Waals surface area (Å²) in [7, 11) is 3.53. The highest BCUT2D eigenvalue weighted by molar-refractivity contribution is 5.92. The summed E-state index contributed by atoms with van der Waals surface area (Å²) in [5.41, 5.74) is 2.50. The fourth-order valence-electron chi connectivity index (χ4n) is 5.94. The molecular weight excluding hydrogens is 483 g/mol. The quantitative estimate of drug-likeness (QED) is 0.488. The van der Waals surface area contributed by atoms with Gasteiger partial charge in [-0.3, -0.25) is 4.79 Å². The SMILES string of the molecule is CN(c1c(C#N)c(=O)n(C)c2ccc(C#N)nc12)C1CCC(N(C[C@H]2CCOC2)c2ccc(F)cc2)CC1. The molecule has 1 aliphatic heterocycles. The third kappa shape index (κ3) is 4.82. The van der Waals surface area contributed by atoms with Crippen LogP contribution in [0.4, 0.5) is 15.8 Å². The zero-order valence-corrected chi connectivity index (χ0v) is 21.7. The Morgan fingerprint density at radius 1 is 1.05 bits per heavy atom. The number of nitrogens with zero attached hydrogens (tertiary/aromatic N) is 6. The second-order valence-electron chi connectivity index (χ2n) is 10.3. The van der Waals surface area contributed by atoms with Crippen LogP contribution in [-0.4, -0.2) is 48.4 Å². The monoisotopic (exact) mass is 514 g/mol. The van der Waals surface area contributed by atoms with Crippen LogP contribution in [0, 0.1) is 34.4 Å². The van der Waals surface area contributed by atoms with Crippen molar-refractivity contribution in [2.24, 2.45) is 13.0 Å². The van der Waals surface area contributed by atoms with Gasteiger partial charge in [-0.25, -0.2) is 9.37 Å². The lowest BCUT2D eigenvalue weighted by molar-refractivity contribution is 0.185. The van der Waals surface area contributed by atoms with Crippen molar-refractivity contribution in [2.45, 2.75) is 44.2 Å². The van der Waals surface area contributed by atoms with E-state index >= 15 is 0 Å². The molecule has 2 aromatic heterocycles. The molecule has 2 aliphatic rings. The van der Waals surface area contributed by atoms with Gasteiger partial charge in [-0.05, 0) is 68.5 Å². The Bertz CT molecular complexity index is 1460. The van der Waals surface area contributed by atoms with Crippen LogP contribution in [0.2, 0.25) is 0 Å². The molecule has 5 rings (SSSR count). The molecule has 0 spiro atoms. The van der Waals surface area contributed by atoms with Crippen molar-refractivity contribution in [2.75, 3.05) is 36.6 Å². The van der Waals surface area contributed by atoms with Gasteiger partial charge in [0.15, 0.2) is 0 Å². The Kier molecular flexibility index (Phi) is 7.31. The molecule has 196 valence electrons. The largest absolute Gasteiger partial charge is 0.381 e. The molecule has 1 aromatic carbocycles. The number of pyridine rings is 2. The third-order valence-corrected chi connectivity index (χ3v) is 8.09. The second-order valence-corrected chi connectivity index (χ2v) is 10.3. The number of nitriles is 2. The molecule has 0 radical (unpaired) electrons. The summed E-state index contributed by atoms with van der Waals surface area (Å²) >= 11 is 0. The van der Waals surface area contributed by atoms with Crippen molar-refractivity contribution in [1.29, 1.82) is 10.5 Å². The maximum absolute atomic E-state index is 13.7. The number of halogens is 1. The first-order valence-electron chi connectivity index (χ1n) is 13.1. The number of fused-ring (bicyclic) bond motifs is 1. The maximum Gasteiger partial charge on any atom is 0.270 e. The molecule has 3 heterocycles. The second kappa shape index (κ2) is 10.8. The van der Waals surface area contributed by atoms with Crippen LogP contribution in [-0.2, 0) is 11.8 Å². The van der Waals surface area contributed by atoms with Crippen LogP contribution in [0.3, 0.4) is 0 Å². The highest BCUT2D eigenvalue weighted by Gasteiger charge is 2.32. The summed E-state index contributed by atoms with van der Waals surface area (Å²) in [5.74, 6) is 0.205. The van der Waals surface area contributed by atoms with Crippen LogP contribution in [0.1, 0.15) is 43.4 Å². The third-order valence-electron chi connectivity index (χ3n) is 8.09. The predicted octanol–water partition coefficient (Wildman–Crippen LogP) is 4.11. The molecule has 1 aliphatic carbocycles. The van der Waals surface area contributed by atoms with E-state index in [4.69, 9.17) is 4.74 Å². The van der Waals surface area contributed by atoms with Crippen molar-refractivity contribution in [3.63, 3.8) is 0 Å². The minimum Gasteiger partial charge on any atom is -0.381 e. The summed E-state index contributed by atoms with van der Waals surface area (Å²) in [6.07, 6.45) is 4.59. The van der Waals surface area contributed by atoms with E-state index in [2.05, 4.69) is 22.0 Å². The predicted molar refractivity (Wildman–Crippen MR) is 144 cm³/mol. The first kappa shape index (κ1) is 25.7. The molecule has 9 heteroatoms. The summed E-state index contributed by atoms with van der Waals surface area (Å²) in [6, 6.07) is 14.6. The summed E-state index contributed by atoms with van der Waals surface area (Å²) in [4.78, 5) is 22.0. The lowest BCUT2D eigenvalue weighted by Gasteiger charge is -2.42. The van der Waals surface area contributed by atoms with E-state index in [-0.39, 0.29) is 28.7 Å². The zero-order valence-electron chi connectivity index (χ0n) is 21.7. The van der Waals surface area contributed by atoms with E-state index in [1.165, 1.54) is 16.7 Å². The lowest BCUT2D eigenvalue weighted by Crippen LogP contribution is -2.45. The summed E-state index contributed by atoms with van der Waals surface area (Å²) < 4.78 is 20.7. The minimum atomic E-state index is -0.372. The molecule has 1 atom stereocenters. The van der Waals surface area contributed by atoms with Gasteiger partial charge in [-0.2, -0.15) is 10.5 Å². The minimum absolute atomic E-state index is 0.0429. The van der Waals surface area contributed by atoms with Gasteiger partial charge in [-0.15, -0.1) is 0 Å². The van der Waals surface area contributed by atoms with Gasteiger partial charge in [0.25, 0.3) is 5.56 Å². The molecule has 2 fully saturated rings. The fourth-order valence-corrected chi connectivity index (χ4v) is 5.94. The smallest absolute Gasteiger partial charge is 0.270 e. The van der Waals surface area contributed by atoms with Gasteiger partial charge in [0.05, 0.1) is 17.8 Å². The molecule has 8 nitrogen and oxygen atoms in total. The van der Waals surface area contributed by atoms with Gasteiger partial charge >= 0.3 is 0 Å². The van der Waals surface area contributed by atoms with E-state index in [1.807, 2.05) is 24.1 Å². The van der Waals surface area contributed by atoms with Gasteiger partial charge in [0.2, 0.25) is 0 Å². The van der Waals surface area contributed by atoms with Crippen LogP contribution in [0.15, 0.2) is 41.2 Å². The number of ether oxygens (including phenoxy) is 1. The van der Waals surface area contributed by atoms with Crippen molar-refractivity contribution >= 4 is 22.4 Å². The fraction of sp³-hybridized carbons (Fsp3) is 0.448. The van der Waals surface area contributed by atoms with Crippen LogP contribution in [0.5, 0.6) is 0 Å². The zero-order chi connectivity index (χ0) is 26.8. The number of hydrogen-bond donors (Lipinski definition) is 0. The van der Waals surface area contributed by atoms with E-state index in [1.54, 1.807) is 19.2 Å². The highest BCUT2D eigenvalue weighted by Crippen LogP contribution is 2.35. The summed E-state index contributed by atoms with van der Waals surface area (Å²) in [5, 5.41) is 19.4. The Hall–Kier alpha value is -3.95. The van der Waals surface area contributed by atoms with Gasteiger partial charge in [0.1, 0.15) is 34.7 Å². The topological polar surface area (TPSA) is 98.2 Å². The first-order valence-corrected chi connectivity index (χ1v) is 13.1. The average Bonchev–Trinajstić information content (AvgIpc) is 3.47. The lowest BCUT2D eigenvalue weighted by atomic mass is 9.88. The molecular formula is C29H31FN6O2. The first-order chi connectivity index (χ1) is 18.4. The number of aromatic nitrogens is 2. The van der Waals surface area contributed by atoms with Crippen molar-refractivity contribution in [3.05, 3.63) is 63.8 Å². The van der Waals surface area contributed by atoms with Crippen molar-refractivity contribution < 1.29 is 9.13 Å². The maximum atomic E-state index is 13.7. The Morgan fingerprint density at radius 2 is 1.76 bits per heavy atom. The number of rotatable bonds is 6. The Balaban J connectivity index is 1.42. The molecule has 0 bridgehead atoms. The number of benzene rings is 1. The molecule has 1 saturated carbocycles.